The first kappa shape index (κ1) is 13.1. The van der Waals surface area contributed by atoms with Crippen LogP contribution in [-0.2, 0) is 9.53 Å². The first-order valence-electron chi connectivity index (χ1n) is 6.42. The lowest BCUT2D eigenvalue weighted by molar-refractivity contribution is -0.144. The van der Waals surface area contributed by atoms with Gasteiger partial charge in [0.1, 0.15) is 5.54 Å². The molecule has 0 aromatic carbocycles. The van der Waals surface area contributed by atoms with Crippen molar-refractivity contribution in [3.63, 3.8) is 0 Å². The van der Waals surface area contributed by atoms with Crippen molar-refractivity contribution in [3.8, 4) is 0 Å². The monoisotopic (exact) mass is 256 g/mol. The summed E-state index contributed by atoms with van der Waals surface area (Å²) in [5.74, 6) is -0.897. The van der Waals surface area contributed by atoms with Crippen LogP contribution in [0.3, 0.4) is 0 Å². The van der Waals surface area contributed by atoms with Crippen LogP contribution in [0.1, 0.15) is 26.2 Å². The lowest BCUT2D eigenvalue weighted by Crippen LogP contribution is -2.57. The van der Waals surface area contributed by atoms with Crippen molar-refractivity contribution in [2.75, 3.05) is 26.3 Å². The van der Waals surface area contributed by atoms with Gasteiger partial charge in [-0.15, -0.1) is 0 Å². The molecule has 6 nitrogen and oxygen atoms in total. The third-order valence-electron chi connectivity index (χ3n) is 3.71. The number of carbonyl (C=O) groups excluding carboxylic acids is 1. The first-order chi connectivity index (χ1) is 8.54. The largest absolute Gasteiger partial charge is 0.480 e. The number of urea groups is 1. The standard InChI is InChI=1S/C12H20N2O4/c1-12(10(15)16,9-3-4-9)13-11(17)14-5-2-7-18-8-6-14/h9H,2-8H2,1H3,(H,13,17)(H,15,16). The van der Waals surface area contributed by atoms with Crippen molar-refractivity contribution in [1.82, 2.24) is 10.2 Å². The fraction of sp³-hybridized carbons (Fsp3) is 0.833. The Hall–Kier alpha value is -1.30. The number of nitrogens with one attached hydrogen (secondary N) is 1. The Balaban J connectivity index is 1.97. The molecule has 2 rings (SSSR count). The van der Waals surface area contributed by atoms with Crippen molar-refractivity contribution in [2.45, 2.75) is 31.7 Å². The Morgan fingerprint density at radius 1 is 1.33 bits per heavy atom. The average molecular weight is 256 g/mol. The molecule has 1 aliphatic carbocycles. The van der Waals surface area contributed by atoms with Gasteiger partial charge in [0.25, 0.3) is 0 Å². The Morgan fingerprint density at radius 3 is 2.67 bits per heavy atom. The Bertz CT molecular complexity index is 335. The van der Waals surface area contributed by atoms with Crippen LogP contribution in [0.5, 0.6) is 0 Å². The minimum atomic E-state index is -1.13. The van der Waals surface area contributed by atoms with E-state index >= 15 is 0 Å². The second-order valence-corrected chi connectivity index (χ2v) is 5.16. The maximum atomic E-state index is 12.1. The molecule has 2 amide bonds. The van der Waals surface area contributed by atoms with E-state index in [0.717, 1.165) is 19.3 Å². The molecule has 18 heavy (non-hydrogen) atoms. The summed E-state index contributed by atoms with van der Waals surface area (Å²) in [6, 6.07) is -0.294. The van der Waals surface area contributed by atoms with Crippen LogP contribution in [0, 0.1) is 5.92 Å². The SMILES string of the molecule is CC(NC(=O)N1CCCOCC1)(C(=O)O)C1CC1. The summed E-state index contributed by atoms with van der Waals surface area (Å²) in [4.78, 5) is 25.1. The van der Waals surface area contributed by atoms with Crippen LogP contribution < -0.4 is 5.32 Å². The number of ether oxygens (including phenoxy) is 1. The van der Waals surface area contributed by atoms with Crippen LogP contribution in [0.15, 0.2) is 0 Å². The van der Waals surface area contributed by atoms with Gasteiger partial charge in [0, 0.05) is 19.7 Å². The fourth-order valence-electron chi connectivity index (χ4n) is 2.24. The number of hydrogen-bond acceptors (Lipinski definition) is 3. The Kier molecular flexibility index (Phi) is 3.75. The second kappa shape index (κ2) is 5.14. The highest BCUT2D eigenvalue weighted by molar-refractivity contribution is 5.86. The summed E-state index contributed by atoms with van der Waals surface area (Å²) in [7, 11) is 0. The third-order valence-corrected chi connectivity index (χ3v) is 3.71. The number of rotatable bonds is 3. The highest BCUT2D eigenvalue weighted by Crippen LogP contribution is 2.39. The summed E-state index contributed by atoms with van der Waals surface area (Å²) in [5, 5.41) is 12.0. The van der Waals surface area contributed by atoms with Gasteiger partial charge in [-0.2, -0.15) is 0 Å². The molecule has 1 saturated heterocycles. The molecule has 1 aliphatic heterocycles. The van der Waals surface area contributed by atoms with Crippen molar-refractivity contribution < 1.29 is 19.4 Å². The van der Waals surface area contributed by atoms with E-state index in [-0.39, 0.29) is 11.9 Å². The molecule has 1 saturated carbocycles. The van der Waals surface area contributed by atoms with Crippen LogP contribution in [0.2, 0.25) is 0 Å². The zero-order valence-corrected chi connectivity index (χ0v) is 10.6. The van der Waals surface area contributed by atoms with Gasteiger partial charge in [-0.3, -0.25) is 0 Å². The zero-order chi connectivity index (χ0) is 13.2. The van der Waals surface area contributed by atoms with E-state index in [0.29, 0.717) is 26.3 Å². The van der Waals surface area contributed by atoms with E-state index in [1.54, 1.807) is 11.8 Å². The number of carboxylic acid groups (broad SMARTS) is 1. The molecule has 0 aromatic heterocycles. The van der Waals surface area contributed by atoms with Crippen molar-refractivity contribution in [2.24, 2.45) is 5.92 Å². The minimum Gasteiger partial charge on any atom is -0.480 e. The van der Waals surface area contributed by atoms with E-state index in [4.69, 9.17) is 4.74 Å². The molecule has 6 heteroatoms. The molecular formula is C12H20N2O4. The smallest absolute Gasteiger partial charge is 0.329 e. The lowest BCUT2D eigenvalue weighted by Gasteiger charge is -2.30. The van der Waals surface area contributed by atoms with E-state index in [9.17, 15) is 14.7 Å². The number of aliphatic carboxylic acids is 1. The predicted octanol–water partition coefficient (Wildman–Crippen LogP) is 0.672. The van der Waals surface area contributed by atoms with Gasteiger partial charge in [0.15, 0.2) is 0 Å². The molecule has 1 atom stereocenters. The molecule has 2 fully saturated rings. The van der Waals surface area contributed by atoms with Crippen LogP contribution in [-0.4, -0.2) is 53.8 Å². The van der Waals surface area contributed by atoms with Gasteiger partial charge in [-0.05, 0) is 32.1 Å². The van der Waals surface area contributed by atoms with Crippen LogP contribution in [0.25, 0.3) is 0 Å². The van der Waals surface area contributed by atoms with E-state index < -0.39 is 11.5 Å². The molecule has 102 valence electrons. The molecule has 0 aromatic rings. The van der Waals surface area contributed by atoms with Crippen molar-refractivity contribution in [1.29, 1.82) is 0 Å². The fourth-order valence-corrected chi connectivity index (χ4v) is 2.24. The van der Waals surface area contributed by atoms with E-state index in [2.05, 4.69) is 5.32 Å². The first-order valence-corrected chi connectivity index (χ1v) is 6.42. The molecule has 0 bridgehead atoms. The van der Waals surface area contributed by atoms with Gasteiger partial charge in [-0.1, -0.05) is 0 Å². The Labute approximate surface area is 106 Å². The molecule has 1 heterocycles. The number of carbonyl (C=O) groups is 2. The lowest BCUT2D eigenvalue weighted by atomic mass is 9.96. The average Bonchev–Trinajstić information content (AvgIpc) is 3.15. The van der Waals surface area contributed by atoms with Gasteiger partial charge < -0.3 is 20.1 Å². The topological polar surface area (TPSA) is 78.9 Å². The van der Waals surface area contributed by atoms with E-state index in [1.807, 2.05) is 0 Å². The third kappa shape index (κ3) is 2.75. The van der Waals surface area contributed by atoms with Crippen molar-refractivity contribution >= 4 is 12.0 Å². The highest BCUT2D eigenvalue weighted by atomic mass is 16.5. The van der Waals surface area contributed by atoms with Crippen LogP contribution >= 0.6 is 0 Å². The maximum absolute atomic E-state index is 12.1. The number of hydrogen-bond donors (Lipinski definition) is 2. The summed E-state index contributed by atoms with van der Waals surface area (Å²) in [6.45, 7) is 3.90. The number of carboxylic acids is 1. The quantitative estimate of drug-likeness (QED) is 0.778. The van der Waals surface area contributed by atoms with E-state index in [1.165, 1.54) is 0 Å². The minimum absolute atomic E-state index is 0.0576. The number of nitrogens with zero attached hydrogens (tertiary/aromatic N) is 1. The van der Waals surface area contributed by atoms with Gasteiger partial charge in [0.2, 0.25) is 0 Å². The van der Waals surface area contributed by atoms with Gasteiger partial charge >= 0.3 is 12.0 Å². The molecule has 1 unspecified atom stereocenters. The molecular weight excluding hydrogens is 236 g/mol. The number of amides is 2. The molecule has 2 aliphatic rings. The zero-order valence-electron chi connectivity index (χ0n) is 10.6. The summed E-state index contributed by atoms with van der Waals surface area (Å²) >= 11 is 0. The summed E-state index contributed by atoms with van der Waals surface area (Å²) < 4.78 is 5.27. The molecule has 2 N–H and O–H groups in total. The summed E-state index contributed by atoms with van der Waals surface area (Å²) in [6.07, 6.45) is 2.53. The highest BCUT2D eigenvalue weighted by Gasteiger charge is 2.49. The molecule has 0 spiro atoms. The second-order valence-electron chi connectivity index (χ2n) is 5.16. The van der Waals surface area contributed by atoms with Crippen molar-refractivity contribution in [3.05, 3.63) is 0 Å². The summed E-state index contributed by atoms with van der Waals surface area (Å²) in [5.41, 5.74) is -1.13. The normalized spacial score (nSPS) is 23.9. The van der Waals surface area contributed by atoms with Crippen LogP contribution in [0.4, 0.5) is 4.79 Å². The van der Waals surface area contributed by atoms with Gasteiger partial charge in [-0.25, -0.2) is 9.59 Å². The predicted molar refractivity (Wildman–Crippen MR) is 64.3 cm³/mol. The maximum Gasteiger partial charge on any atom is 0.329 e. The van der Waals surface area contributed by atoms with Gasteiger partial charge in [0.05, 0.1) is 6.61 Å². The molecule has 0 radical (unpaired) electrons. The Morgan fingerprint density at radius 2 is 2.06 bits per heavy atom.